The topological polar surface area (TPSA) is 131 Å². The van der Waals surface area contributed by atoms with E-state index in [1.165, 1.54) is 0 Å². The Bertz CT molecular complexity index is 426. The molecule has 84 valence electrons. The van der Waals surface area contributed by atoms with Gasteiger partial charge in [0.15, 0.2) is 5.92 Å². The van der Waals surface area contributed by atoms with Gasteiger partial charge in [0, 0.05) is 11.6 Å². The summed E-state index contributed by atoms with van der Waals surface area (Å²) in [7, 11) is 0. The van der Waals surface area contributed by atoms with E-state index in [2.05, 4.69) is 4.98 Å². The van der Waals surface area contributed by atoms with E-state index in [1.807, 2.05) is 0 Å². The maximum atomic E-state index is 10.6. The normalized spacial score (nSPS) is 10.1. The summed E-state index contributed by atoms with van der Waals surface area (Å²) in [5.74, 6) is -5.35. The zero-order valence-corrected chi connectivity index (χ0v) is 7.73. The first kappa shape index (κ1) is 11.6. The Kier molecular flexibility index (Phi) is 3.14. The number of rotatable bonds is 4. The number of carboxylic acids is 2. The van der Waals surface area contributed by atoms with Crippen molar-refractivity contribution < 1.29 is 24.7 Å². The standard InChI is InChI=1S/C8H6N2O6/c11-7(12)6(8(13)14)4-1-2-5(9-3-4)10(15)16/h1-3,6H,(H,11,12)(H,13,14). The van der Waals surface area contributed by atoms with Crippen LogP contribution in [0.1, 0.15) is 11.5 Å². The summed E-state index contributed by atoms with van der Waals surface area (Å²) in [5.41, 5.74) is -0.120. The van der Waals surface area contributed by atoms with Crippen molar-refractivity contribution in [2.75, 3.05) is 0 Å². The lowest BCUT2D eigenvalue weighted by molar-refractivity contribution is -0.389. The van der Waals surface area contributed by atoms with Crippen molar-refractivity contribution in [1.29, 1.82) is 0 Å². The molecule has 0 saturated heterocycles. The van der Waals surface area contributed by atoms with Crippen LogP contribution < -0.4 is 0 Å². The molecular weight excluding hydrogens is 220 g/mol. The Morgan fingerprint density at radius 3 is 2.19 bits per heavy atom. The smallest absolute Gasteiger partial charge is 0.363 e. The second-order valence-corrected chi connectivity index (χ2v) is 2.82. The van der Waals surface area contributed by atoms with Crippen LogP contribution in [0.5, 0.6) is 0 Å². The molecule has 1 aromatic heterocycles. The van der Waals surface area contributed by atoms with Crippen molar-refractivity contribution in [2.45, 2.75) is 5.92 Å². The summed E-state index contributed by atoms with van der Waals surface area (Å²) in [6, 6.07) is 2.01. The Hall–Kier alpha value is -2.51. The monoisotopic (exact) mass is 226 g/mol. The lowest BCUT2D eigenvalue weighted by Crippen LogP contribution is -2.21. The zero-order chi connectivity index (χ0) is 12.3. The van der Waals surface area contributed by atoms with Crippen molar-refractivity contribution in [2.24, 2.45) is 0 Å². The SMILES string of the molecule is O=C(O)C(C(=O)O)c1ccc([N+](=O)[O-])nc1. The Labute approximate surface area is 88.3 Å². The number of pyridine rings is 1. The van der Waals surface area contributed by atoms with Crippen molar-refractivity contribution in [3.8, 4) is 0 Å². The number of carbonyl (C=O) groups is 2. The molecule has 0 atom stereocenters. The molecule has 0 aliphatic rings. The molecule has 0 aromatic carbocycles. The molecule has 0 fully saturated rings. The predicted octanol–water partition coefficient (Wildman–Crippen LogP) is 0.243. The first-order chi connectivity index (χ1) is 7.43. The largest absolute Gasteiger partial charge is 0.480 e. The van der Waals surface area contributed by atoms with Crippen LogP contribution in [0.4, 0.5) is 5.82 Å². The van der Waals surface area contributed by atoms with Gasteiger partial charge in [0.2, 0.25) is 0 Å². The average molecular weight is 226 g/mol. The molecule has 0 saturated carbocycles. The molecule has 0 unspecified atom stereocenters. The molecule has 0 aliphatic carbocycles. The van der Waals surface area contributed by atoms with Crippen LogP contribution in [0.2, 0.25) is 0 Å². The van der Waals surface area contributed by atoms with Crippen LogP contribution in [-0.2, 0) is 9.59 Å². The minimum Gasteiger partial charge on any atom is -0.480 e. The first-order valence-corrected chi connectivity index (χ1v) is 3.99. The molecule has 2 N–H and O–H groups in total. The second kappa shape index (κ2) is 4.34. The quantitative estimate of drug-likeness (QED) is 0.427. The number of nitro groups is 1. The van der Waals surface area contributed by atoms with Gasteiger partial charge in [-0.15, -0.1) is 0 Å². The van der Waals surface area contributed by atoms with Gasteiger partial charge in [-0.3, -0.25) is 9.59 Å². The van der Waals surface area contributed by atoms with Gasteiger partial charge in [0.05, 0.1) is 0 Å². The molecule has 1 heterocycles. The Balaban J connectivity index is 3.08. The molecule has 0 spiro atoms. The maximum absolute atomic E-state index is 10.6. The lowest BCUT2D eigenvalue weighted by Gasteiger charge is -2.04. The van der Waals surface area contributed by atoms with E-state index < -0.39 is 28.6 Å². The van der Waals surface area contributed by atoms with Gasteiger partial charge in [0.1, 0.15) is 6.20 Å². The Morgan fingerprint density at radius 2 is 1.88 bits per heavy atom. The zero-order valence-electron chi connectivity index (χ0n) is 7.73. The molecule has 0 bridgehead atoms. The molecule has 8 nitrogen and oxygen atoms in total. The molecule has 0 amide bonds. The van der Waals surface area contributed by atoms with Gasteiger partial charge < -0.3 is 20.3 Å². The summed E-state index contributed by atoms with van der Waals surface area (Å²) >= 11 is 0. The third-order valence-corrected chi connectivity index (χ3v) is 1.79. The fourth-order valence-electron chi connectivity index (χ4n) is 1.07. The molecule has 8 heteroatoms. The maximum Gasteiger partial charge on any atom is 0.363 e. The van der Waals surface area contributed by atoms with Gasteiger partial charge in [-0.2, -0.15) is 0 Å². The highest BCUT2D eigenvalue weighted by Gasteiger charge is 2.29. The van der Waals surface area contributed by atoms with Crippen molar-refractivity contribution in [3.63, 3.8) is 0 Å². The predicted molar refractivity (Wildman–Crippen MR) is 48.9 cm³/mol. The minimum atomic E-state index is -1.77. The third kappa shape index (κ3) is 2.29. The van der Waals surface area contributed by atoms with Crippen LogP contribution in [-0.4, -0.2) is 32.1 Å². The number of aliphatic carboxylic acids is 2. The fraction of sp³-hybridized carbons (Fsp3) is 0.125. The van der Waals surface area contributed by atoms with E-state index in [0.29, 0.717) is 0 Å². The highest BCUT2D eigenvalue weighted by Crippen LogP contribution is 2.17. The number of hydrogen-bond donors (Lipinski definition) is 2. The fourth-order valence-corrected chi connectivity index (χ4v) is 1.07. The molecule has 16 heavy (non-hydrogen) atoms. The first-order valence-electron chi connectivity index (χ1n) is 3.99. The van der Waals surface area contributed by atoms with Gasteiger partial charge in [-0.1, -0.05) is 0 Å². The highest BCUT2D eigenvalue weighted by molar-refractivity contribution is 5.98. The van der Waals surface area contributed by atoms with Gasteiger partial charge in [-0.25, -0.2) is 0 Å². The second-order valence-electron chi connectivity index (χ2n) is 2.82. The van der Waals surface area contributed by atoms with Crippen molar-refractivity contribution in [1.82, 2.24) is 4.98 Å². The average Bonchev–Trinajstić information content (AvgIpc) is 2.17. The third-order valence-electron chi connectivity index (χ3n) is 1.79. The summed E-state index contributed by atoms with van der Waals surface area (Å²) in [6.07, 6.45) is 0.866. The highest BCUT2D eigenvalue weighted by atomic mass is 16.6. The van der Waals surface area contributed by atoms with E-state index in [4.69, 9.17) is 10.2 Å². The van der Waals surface area contributed by atoms with Gasteiger partial charge in [0.25, 0.3) is 0 Å². The summed E-state index contributed by atoms with van der Waals surface area (Å²) in [5, 5.41) is 27.5. The molecule has 0 radical (unpaired) electrons. The van der Waals surface area contributed by atoms with Crippen molar-refractivity contribution >= 4 is 17.8 Å². The van der Waals surface area contributed by atoms with Gasteiger partial charge >= 0.3 is 17.8 Å². The van der Waals surface area contributed by atoms with E-state index in [9.17, 15) is 19.7 Å². The summed E-state index contributed by atoms with van der Waals surface area (Å²) < 4.78 is 0. The molecule has 1 aromatic rings. The van der Waals surface area contributed by atoms with Crippen LogP contribution in [0.15, 0.2) is 18.3 Å². The summed E-state index contributed by atoms with van der Waals surface area (Å²) in [6.45, 7) is 0. The number of nitrogens with zero attached hydrogens (tertiary/aromatic N) is 2. The van der Waals surface area contributed by atoms with E-state index in [0.717, 1.165) is 18.3 Å². The van der Waals surface area contributed by atoms with Crippen LogP contribution in [0, 0.1) is 10.1 Å². The van der Waals surface area contributed by atoms with E-state index in [-0.39, 0.29) is 5.56 Å². The van der Waals surface area contributed by atoms with E-state index >= 15 is 0 Å². The van der Waals surface area contributed by atoms with Crippen LogP contribution in [0.3, 0.4) is 0 Å². The number of carboxylic acid groups (broad SMARTS) is 2. The van der Waals surface area contributed by atoms with Crippen LogP contribution in [0.25, 0.3) is 0 Å². The van der Waals surface area contributed by atoms with Gasteiger partial charge in [-0.05, 0) is 16.0 Å². The number of hydrogen-bond acceptors (Lipinski definition) is 5. The van der Waals surface area contributed by atoms with Crippen molar-refractivity contribution in [3.05, 3.63) is 34.0 Å². The summed E-state index contributed by atoms with van der Waals surface area (Å²) in [4.78, 5) is 34.1. The van der Waals surface area contributed by atoms with E-state index in [1.54, 1.807) is 0 Å². The Morgan fingerprint density at radius 1 is 1.31 bits per heavy atom. The molecular formula is C8H6N2O6. The lowest BCUT2D eigenvalue weighted by atomic mass is 10.0. The van der Waals surface area contributed by atoms with Crippen LogP contribution >= 0.6 is 0 Å². The molecule has 0 aliphatic heterocycles. The molecule has 1 rings (SSSR count). The minimum absolute atomic E-state index is 0.120. The number of aromatic nitrogens is 1.